The highest BCUT2D eigenvalue weighted by molar-refractivity contribution is 7.15. The van der Waals surface area contributed by atoms with E-state index in [1.807, 2.05) is 52.4 Å². The number of hydrogen-bond acceptors (Lipinski definition) is 3. The number of thiazole rings is 1. The Kier molecular flexibility index (Phi) is 3.53. The van der Waals surface area contributed by atoms with Crippen molar-refractivity contribution < 1.29 is 0 Å². The summed E-state index contributed by atoms with van der Waals surface area (Å²) in [5.74, 6) is 0. The third-order valence-electron chi connectivity index (χ3n) is 3.62. The van der Waals surface area contributed by atoms with Crippen LogP contribution >= 0.6 is 34.5 Å². The van der Waals surface area contributed by atoms with Gasteiger partial charge in [0.25, 0.3) is 0 Å². The molecule has 0 bridgehead atoms. The summed E-state index contributed by atoms with van der Waals surface area (Å²) in [6, 6.07) is 13.2. The largest absolute Gasteiger partial charge is 0.399 e. The van der Waals surface area contributed by atoms with E-state index in [-0.39, 0.29) is 0 Å². The van der Waals surface area contributed by atoms with Crippen LogP contribution in [0.25, 0.3) is 27.5 Å². The van der Waals surface area contributed by atoms with E-state index in [2.05, 4.69) is 4.98 Å². The molecule has 2 aromatic heterocycles. The van der Waals surface area contributed by atoms with Crippen molar-refractivity contribution in [1.29, 1.82) is 0 Å². The minimum absolute atomic E-state index is 0.624. The molecule has 0 aliphatic heterocycles. The Morgan fingerprint density at radius 2 is 1.83 bits per heavy atom. The fourth-order valence-corrected chi connectivity index (χ4v) is 3.85. The molecule has 3 nitrogen and oxygen atoms in total. The average Bonchev–Trinajstić information content (AvgIpc) is 3.09. The molecule has 4 rings (SSSR count). The smallest absolute Gasteiger partial charge is 0.194 e. The Labute approximate surface area is 146 Å². The molecule has 0 radical (unpaired) electrons. The quantitative estimate of drug-likeness (QED) is 0.472. The molecular formula is C17H11Cl2N3S. The minimum atomic E-state index is 0.624. The van der Waals surface area contributed by atoms with Gasteiger partial charge in [-0.3, -0.25) is 4.40 Å². The summed E-state index contributed by atoms with van der Waals surface area (Å²) in [5, 5.41) is 3.29. The van der Waals surface area contributed by atoms with Crippen LogP contribution in [0.5, 0.6) is 0 Å². The molecule has 0 aliphatic rings. The van der Waals surface area contributed by atoms with Gasteiger partial charge >= 0.3 is 0 Å². The monoisotopic (exact) mass is 359 g/mol. The lowest BCUT2D eigenvalue weighted by Crippen LogP contribution is -1.85. The van der Waals surface area contributed by atoms with Gasteiger partial charge in [0.15, 0.2) is 4.96 Å². The Bertz CT molecular complexity index is 1000. The van der Waals surface area contributed by atoms with E-state index in [1.54, 1.807) is 17.4 Å². The van der Waals surface area contributed by atoms with Gasteiger partial charge < -0.3 is 5.73 Å². The third kappa shape index (κ3) is 2.59. The molecule has 0 saturated carbocycles. The summed E-state index contributed by atoms with van der Waals surface area (Å²) < 4.78 is 2.05. The lowest BCUT2D eigenvalue weighted by molar-refractivity contribution is 1.24. The van der Waals surface area contributed by atoms with Crippen molar-refractivity contribution in [3.8, 4) is 22.5 Å². The summed E-state index contributed by atoms with van der Waals surface area (Å²) in [5.41, 5.74) is 10.4. The minimum Gasteiger partial charge on any atom is -0.399 e. The summed E-state index contributed by atoms with van der Waals surface area (Å²) in [6.07, 6.45) is 2.01. The molecule has 2 aromatic carbocycles. The van der Waals surface area contributed by atoms with E-state index in [4.69, 9.17) is 28.9 Å². The van der Waals surface area contributed by atoms with E-state index in [1.165, 1.54) is 0 Å². The van der Waals surface area contributed by atoms with Crippen LogP contribution in [0.1, 0.15) is 0 Å². The zero-order valence-corrected chi connectivity index (χ0v) is 14.2. The molecule has 0 unspecified atom stereocenters. The molecular weight excluding hydrogens is 349 g/mol. The van der Waals surface area contributed by atoms with Gasteiger partial charge in [-0.15, -0.1) is 11.3 Å². The molecule has 2 N–H and O–H groups in total. The summed E-state index contributed by atoms with van der Waals surface area (Å²) >= 11 is 13.9. The normalized spacial score (nSPS) is 11.2. The maximum Gasteiger partial charge on any atom is 0.194 e. The van der Waals surface area contributed by atoms with Crippen LogP contribution in [-0.4, -0.2) is 9.38 Å². The van der Waals surface area contributed by atoms with Crippen LogP contribution in [0.15, 0.2) is 54.0 Å². The van der Waals surface area contributed by atoms with Gasteiger partial charge in [0, 0.05) is 33.4 Å². The van der Waals surface area contributed by atoms with E-state index < -0.39 is 0 Å². The van der Waals surface area contributed by atoms with Crippen LogP contribution in [0, 0.1) is 0 Å². The second-order valence-electron chi connectivity index (χ2n) is 5.15. The summed E-state index contributed by atoms with van der Waals surface area (Å²) in [4.78, 5) is 5.59. The van der Waals surface area contributed by atoms with Crippen molar-refractivity contribution in [2.75, 3.05) is 5.73 Å². The molecule has 6 heteroatoms. The molecule has 0 atom stereocenters. The van der Waals surface area contributed by atoms with Crippen molar-refractivity contribution in [2.24, 2.45) is 0 Å². The van der Waals surface area contributed by atoms with Gasteiger partial charge in [0.05, 0.1) is 16.4 Å². The zero-order chi connectivity index (χ0) is 16.0. The Morgan fingerprint density at radius 3 is 2.57 bits per heavy atom. The first-order valence-electron chi connectivity index (χ1n) is 6.90. The van der Waals surface area contributed by atoms with Crippen LogP contribution in [0.2, 0.25) is 10.0 Å². The van der Waals surface area contributed by atoms with Crippen molar-refractivity contribution in [3.05, 3.63) is 64.1 Å². The molecule has 0 saturated heterocycles. The van der Waals surface area contributed by atoms with E-state index in [0.717, 1.165) is 33.2 Å². The molecule has 0 fully saturated rings. The maximum absolute atomic E-state index is 6.34. The van der Waals surface area contributed by atoms with Crippen LogP contribution in [0.3, 0.4) is 0 Å². The van der Waals surface area contributed by atoms with Gasteiger partial charge in [0.1, 0.15) is 0 Å². The van der Waals surface area contributed by atoms with Gasteiger partial charge in [-0.1, -0.05) is 35.3 Å². The van der Waals surface area contributed by atoms with Crippen molar-refractivity contribution >= 4 is 45.2 Å². The number of benzene rings is 2. The SMILES string of the molecule is Nc1ccc(-c2cn3c(-c4ccc(Cl)cc4Cl)csc3n2)cc1. The molecule has 114 valence electrons. The Morgan fingerprint density at radius 1 is 1.04 bits per heavy atom. The highest BCUT2D eigenvalue weighted by atomic mass is 35.5. The highest BCUT2D eigenvalue weighted by Gasteiger charge is 2.13. The van der Waals surface area contributed by atoms with Crippen LogP contribution in [0.4, 0.5) is 5.69 Å². The van der Waals surface area contributed by atoms with Gasteiger partial charge in [0.2, 0.25) is 0 Å². The fourth-order valence-electron chi connectivity index (χ4n) is 2.47. The number of halogens is 2. The number of rotatable bonds is 2. The zero-order valence-electron chi connectivity index (χ0n) is 11.8. The summed E-state index contributed by atoms with van der Waals surface area (Å²) in [7, 11) is 0. The predicted octanol–water partition coefficient (Wildman–Crippen LogP) is 5.62. The topological polar surface area (TPSA) is 43.3 Å². The molecule has 2 heterocycles. The second-order valence-corrected chi connectivity index (χ2v) is 6.83. The third-order valence-corrected chi connectivity index (χ3v) is 5.01. The lowest BCUT2D eigenvalue weighted by Gasteiger charge is -2.03. The number of nitrogens with zero attached hydrogens (tertiary/aromatic N) is 2. The number of aromatic nitrogens is 2. The molecule has 23 heavy (non-hydrogen) atoms. The first-order chi connectivity index (χ1) is 11.1. The number of hydrogen-bond donors (Lipinski definition) is 1. The number of nitrogens with two attached hydrogens (primary N) is 1. The standard InChI is InChI=1S/C17H11Cl2N3S/c18-11-3-6-13(14(19)7-11)16-9-23-17-21-15(8-22(16)17)10-1-4-12(20)5-2-10/h1-9H,20H2. The van der Waals surface area contributed by atoms with Crippen LogP contribution < -0.4 is 5.73 Å². The molecule has 0 amide bonds. The number of fused-ring (bicyclic) bond motifs is 1. The maximum atomic E-state index is 6.34. The second kappa shape index (κ2) is 5.57. The number of nitrogen functional groups attached to an aromatic ring is 1. The van der Waals surface area contributed by atoms with Crippen molar-refractivity contribution in [1.82, 2.24) is 9.38 Å². The van der Waals surface area contributed by atoms with Gasteiger partial charge in [-0.25, -0.2) is 4.98 Å². The first kappa shape index (κ1) is 14.6. The average molecular weight is 360 g/mol. The van der Waals surface area contributed by atoms with E-state index >= 15 is 0 Å². The Hall–Kier alpha value is -2.01. The Balaban J connectivity index is 1.85. The predicted molar refractivity (Wildman–Crippen MR) is 98.4 cm³/mol. The van der Waals surface area contributed by atoms with Gasteiger partial charge in [-0.05, 0) is 30.3 Å². The highest BCUT2D eigenvalue weighted by Crippen LogP contribution is 2.34. The summed E-state index contributed by atoms with van der Waals surface area (Å²) in [6.45, 7) is 0. The van der Waals surface area contributed by atoms with E-state index in [9.17, 15) is 0 Å². The first-order valence-corrected chi connectivity index (χ1v) is 8.53. The molecule has 0 aliphatic carbocycles. The number of imidazole rings is 1. The number of anilines is 1. The fraction of sp³-hybridized carbons (Fsp3) is 0. The lowest BCUT2D eigenvalue weighted by atomic mass is 10.1. The van der Waals surface area contributed by atoms with Crippen LogP contribution in [-0.2, 0) is 0 Å². The molecule has 0 spiro atoms. The van der Waals surface area contributed by atoms with Gasteiger partial charge in [-0.2, -0.15) is 0 Å². The van der Waals surface area contributed by atoms with Crippen molar-refractivity contribution in [2.45, 2.75) is 0 Å². The van der Waals surface area contributed by atoms with Crippen molar-refractivity contribution in [3.63, 3.8) is 0 Å². The molecule has 4 aromatic rings. The van der Waals surface area contributed by atoms with E-state index in [0.29, 0.717) is 10.0 Å².